The maximum absolute atomic E-state index is 13.0. The number of carbonyl (C=O) groups is 1. The molecule has 7 heteroatoms. The third kappa shape index (κ3) is 4.04. The Morgan fingerprint density at radius 3 is 2.22 bits per heavy atom. The molecule has 1 aliphatic rings. The Morgan fingerprint density at radius 1 is 0.969 bits per heavy atom. The van der Waals surface area contributed by atoms with Gasteiger partial charge < -0.3 is 4.90 Å². The zero-order valence-corrected chi connectivity index (χ0v) is 19.5. The van der Waals surface area contributed by atoms with E-state index in [1.165, 1.54) is 24.3 Å². The van der Waals surface area contributed by atoms with Crippen molar-refractivity contribution < 1.29 is 13.2 Å². The SMILES string of the molecule is CN1C(=CC(=O)c2ccc(S(=O)(=O)Nc3ccc(Cl)cc3)cc2)C(C)(C)c2ccccc21. The average molecular weight is 467 g/mol. The van der Waals surface area contributed by atoms with Crippen LogP contribution in [0.4, 0.5) is 11.4 Å². The van der Waals surface area contributed by atoms with Gasteiger partial charge in [0, 0.05) is 46.2 Å². The molecule has 0 aliphatic carbocycles. The van der Waals surface area contributed by atoms with E-state index >= 15 is 0 Å². The molecule has 0 atom stereocenters. The van der Waals surface area contributed by atoms with Gasteiger partial charge in [-0.25, -0.2) is 8.42 Å². The number of fused-ring (bicyclic) bond motifs is 1. The van der Waals surface area contributed by atoms with Gasteiger partial charge in [0.15, 0.2) is 5.78 Å². The van der Waals surface area contributed by atoms with Crippen molar-refractivity contribution in [2.45, 2.75) is 24.2 Å². The molecule has 0 spiro atoms. The van der Waals surface area contributed by atoms with E-state index in [4.69, 9.17) is 11.6 Å². The molecular formula is C25H23ClN2O3S. The van der Waals surface area contributed by atoms with Gasteiger partial charge in [-0.3, -0.25) is 9.52 Å². The number of nitrogens with zero attached hydrogens (tertiary/aromatic N) is 1. The number of rotatable bonds is 5. The standard InChI is InChI=1S/C25H23ClN2O3S/c1-25(2)21-6-4-5-7-22(21)28(3)24(25)16-23(29)17-8-14-20(15-9-17)32(30,31)27-19-12-10-18(26)11-13-19/h4-16,27H,1-3H3. The molecule has 164 valence electrons. The van der Waals surface area contributed by atoms with Crippen LogP contribution in [0.15, 0.2) is 89.5 Å². The summed E-state index contributed by atoms with van der Waals surface area (Å²) < 4.78 is 27.8. The summed E-state index contributed by atoms with van der Waals surface area (Å²) in [5.41, 5.74) is 3.65. The second-order valence-corrected chi connectivity index (χ2v) is 10.4. The minimum absolute atomic E-state index is 0.0716. The summed E-state index contributed by atoms with van der Waals surface area (Å²) in [5, 5.41) is 0.518. The molecule has 1 heterocycles. The highest BCUT2D eigenvalue weighted by molar-refractivity contribution is 7.92. The Bertz CT molecular complexity index is 1310. The molecule has 0 amide bonds. The smallest absolute Gasteiger partial charge is 0.261 e. The molecule has 32 heavy (non-hydrogen) atoms. The summed E-state index contributed by atoms with van der Waals surface area (Å²) in [6.45, 7) is 4.18. The fourth-order valence-corrected chi connectivity index (χ4v) is 5.18. The van der Waals surface area contributed by atoms with Crippen molar-refractivity contribution in [2.75, 3.05) is 16.7 Å². The fraction of sp³-hybridized carbons (Fsp3) is 0.160. The van der Waals surface area contributed by atoms with Crippen LogP contribution in [0, 0.1) is 0 Å². The fourth-order valence-electron chi connectivity index (χ4n) is 4.00. The van der Waals surface area contributed by atoms with Gasteiger partial charge in [-0.1, -0.05) is 43.6 Å². The summed E-state index contributed by atoms with van der Waals surface area (Å²) in [7, 11) is -1.83. The lowest BCUT2D eigenvalue weighted by molar-refractivity contribution is 0.104. The van der Waals surface area contributed by atoms with Gasteiger partial charge in [0.2, 0.25) is 0 Å². The molecule has 0 radical (unpaired) electrons. The molecular weight excluding hydrogens is 444 g/mol. The van der Waals surface area contributed by atoms with Gasteiger partial charge in [0.05, 0.1) is 4.90 Å². The number of hydrogen-bond donors (Lipinski definition) is 1. The lowest BCUT2D eigenvalue weighted by Crippen LogP contribution is -2.24. The molecule has 0 saturated carbocycles. The number of anilines is 2. The molecule has 3 aromatic rings. The number of benzene rings is 3. The normalized spacial score (nSPS) is 16.1. The Hall–Kier alpha value is -3.09. The van der Waals surface area contributed by atoms with E-state index in [2.05, 4.69) is 24.6 Å². The molecule has 4 rings (SSSR count). The maximum Gasteiger partial charge on any atom is 0.261 e. The highest BCUT2D eigenvalue weighted by atomic mass is 35.5. The van der Waals surface area contributed by atoms with Crippen LogP contribution < -0.4 is 9.62 Å². The number of halogens is 1. The number of allylic oxidation sites excluding steroid dienone is 2. The van der Waals surface area contributed by atoms with Gasteiger partial charge in [0.25, 0.3) is 10.0 Å². The highest BCUT2D eigenvalue weighted by Crippen LogP contribution is 2.46. The number of ketones is 1. The third-order valence-corrected chi connectivity index (χ3v) is 7.40. The van der Waals surface area contributed by atoms with E-state index in [0.29, 0.717) is 16.3 Å². The minimum atomic E-state index is -3.78. The first-order valence-corrected chi connectivity index (χ1v) is 11.9. The molecule has 0 bridgehead atoms. The van der Waals surface area contributed by atoms with E-state index < -0.39 is 10.0 Å². The first-order chi connectivity index (χ1) is 15.1. The van der Waals surface area contributed by atoms with Crippen molar-refractivity contribution in [3.63, 3.8) is 0 Å². The van der Waals surface area contributed by atoms with Crippen molar-refractivity contribution in [3.05, 3.63) is 101 Å². The molecule has 0 fully saturated rings. The van der Waals surface area contributed by atoms with Crippen LogP contribution in [-0.4, -0.2) is 21.2 Å². The zero-order valence-electron chi connectivity index (χ0n) is 18.0. The zero-order chi connectivity index (χ0) is 23.1. The van der Waals surface area contributed by atoms with Crippen LogP contribution in [0.2, 0.25) is 5.02 Å². The Kier molecular flexibility index (Phi) is 5.61. The van der Waals surface area contributed by atoms with Crippen LogP contribution in [0.5, 0.6) is 0 Å². The number of nitrogens with one attached hydrogen (secondary N) is 1. The molecule has 1 aliphatic heterocycles. The quantitative estimate of drug-likeness (QED) is 0.390. The third-order valence-electron chi connectivity index (χ3n) is 5.75. The summed E-state index contributed by atoms with van der Waals surface area (Å²) in [4.78, 5) is 15.1. The monoisotopic (exact) mass is 466 g/mol. The van der Waals surface area contributed by atoms with Gasteiger partial charge in [-0.2, -0.15) is 0 Å². The second-order valence-electron chi connectivity index (χ2n) is 8.23. The van der Waals surface area contributed by atoms with E-state index in [1.54, 1.807) is 30.3 Å². The van der Waals surface area contributed by atoms with E-state index in [-0.39, 0.29) is 16.1 Å². The maximum atomic E-state index is 13.0. The lowest BCUT2D eigenvalue weighted by Gasteiger charge is -2.24. The minimum Gasteiger partial charge on any atom is -0.347 e. The van der Waals surface area contributed by atoms with Crippen LogP contribution >= 0.6 is 11.6 Å². The first-order valence-electron chi connectivity index (χ1n) is 10.1. The van der Waals surface area contributed by atoms with E-state index in [0.717, 1.165) is 16.9 Å². The van der Waals surface area contributed by atoms with Gasteiger partial charge in [-0.05, 0) is 60.2 Å². The van der Waals surface area contributed by atoms with Crippen LogP contribution in [-0.2, 0) is 15.4 Å². The van der Waals surface area contributed by atoms with Crippen molar-refractivity contribution in [1.29, 1.82) is 0 Å². The van der Waals surface area contributed by atoms with Crippen molar-refractivity contribution in [1.82, 2.24) is 0 Å². The topological polar surface area (TPSA) is 66.5 Å². The van der Waals surface area contributed by atoms with Crippen molar-refractivity contribution in [3.8, 4) is 0 Å². The number of sulfonamides is 1. The molecule has 5 nitrogen and oxygen atoms in total. The Morgan fingerprint density at radius 2 is 1.59 bits per heavy atom. The lowest BCUT2D eigenvalue weighted by atomic mass is 9.83. The summed E-state index contributed by atoms with van der Waals surface area (Å²) in [6.07, 6.45) is 1.63. The Labute approximate surface area is 193 Å². The second kappa shape index (κ2) is 8.11. The highest BCUT2D eigenvalue weighted by Gasteiger charge is 2.38. The van der Waals surface area contributed by atoms with Gasteiger partial charge in [-0.15, -0.1) is 0 Å². The average Bonchev–Trinajstić information content (AvgIpc) is 2.96. The predicted molar refractivity (Wildman–Crippen MR) is 129 cm³/mol. The van der Waals surface area contributed by atoms with E-state index in [9.17, 15) is 13.2 Å². The summed E-state index contributed by atoms with van der Waals surface area (Å²) in [6, 6.07) is 20.4. The van der Waals surface area contributed by atoms with Crippen molar-refractivity contribution >= 4 is 38.8 Å². The van der Waals surface area contributed by atoms with Crippen LogP contribution in [0.25, 0.3) is 0 Å². The number of para-hydroxylation sites is 1. The molecule has 1 N–H and O–H groups in total. The predicted octanol–water partition coefficient (Wildman–Crippen LogP) is 5.64. The molecule has 0 unspecified atom stereocenters. The molecule has 3 aromatic carbocycles. The van der Waals surface area contributed by atoms with Crippen LogP contribution in [0.1, 0.15) is 29.8 Å². The molecule has 0 saturated heterocycles. The van der Waals surface area contributed by atoms with Crippen molar-refractivity contribution in [2.24, 2.45) is 0 Å². The summed E-state index contributed by atoms with van der Waals surface area (Å²) in [5.74, 6) is -0.178. The number of carbonyl (C=O) groups excluding carboxylic acids is 1. The van der Waals surface area contributed by atoms with Gasteiger partial charge >= 0.3 is 0 Å². The largest absolute Gasteiger partial charge is 0.347 e. The first kappa shape index (κ1) is 22.1. The van der Waals surface area contributed by atoms with E-state index in [1.807, 2.05) is 30.1 Å². The summed E-state index contributed by atoms with van der Waals surface area (Å²) >= 11 is 5.84. The van der Waals surface area contributed by atoms with Crippen LogP contribution in [0.3, 0.4) is 0 Å². The van der Waals surface area contributed by atoms with Gasteiger partial charge in [0.1, 0.15) is 0 Å². The number of likely N-dealkylation sites (N-methyl/N-ethyl adjacent to an activating group) is 1. The number of hydrogen-bond acceptors (Lipinski definition) is 4. The molecule has 0 aromatic heterocycles. The Balaban J connectivity index is 1.57.